The van der Waals surface area contributed by atoms with E-state index >= 15 is 0 Å². The molecule has 0 aromatic carbocycles. The zero-order chi connectivity index (χ0) is 9.40. The molecule has 0 aliphatic rings. The zero-order valence-corrected chi connectivity index (χ0v) is 7.34. The third kappa shape index (κ3) is 5.06. The number of carboxylic acid groups (broad SMARTS) is 1. The van der Waals surface area contributed by atoms with Crippen molar-refractivity contribution in [2.45, 2.75) is 25.3 Å². The van der Waals surface area contributed by atoms with E-state index in [1.165, 1.54) is 0 Å². The first kappa shape index (κ1) is 11.4. The van der Waals surface area contributed by atoms with Crippen LogP contribution in [0.2, 0.25) is 0 Å². The van der Waals surface area contributed by atoms with Gasteiger partial charge in [-0.2, -0.15) is 0 Å². The monoisotopic (exact) mass is 175 g/mol. The third-order valence-electron chi connectivity index (χ3n) is 1.56. The van der Waals surface area contributed by atoms with Gasteiger partial charge in [-0.3, -0.25) is 10.2 Å². The van der Waals surface area contributed by atoms with Gasteiger partial charge in [0.1, 0.15) is 6.04 Å². The quantitative estimate of drug-likeness (QED) is 0.303. The smallest absolute Gasteiger partial charge is 0.322 e. The molecule has 0 aromatic heterocycles. The molecule has 0 spiro atoms. The molecule has 0 aliphatic carbocycles. The van der Waals surface area contributed by atoms with Gasteiger partial charge in [-0.25, -0.2) is 5.43 Å². The number of rotatable bonds is 7. The van der Waals surface area contributed by atoms with Crippen LogP contribution in [0.15, 0.2) is 0 Å². The Labute approximate surface area is 72.3 Å². The van der Waals surface area contributed by atoms with Crippen molar-refractivity contribution in [3.8, 4) is 0 Å². The molecule has 72 valence electrons. The van der Waals surface area contributed by atoms with E-state index < -0.39 is 12.0 Å². The molecular formula is C7H17N3O2. The van der Waals surface area contributed by atoms with Crippen molar-refractivity contribution in [2.24, 2.45) is 5.73 Å². The van der Waals surface area contributed by atoms with Crippen molar-refractivity contribution >= 4 is 5.97 Å². The third-order valence-corrected chi connectivity index (χ3v) is 1.56. The Balaban J connectivity index is 3.56. The number of aliphatic carboxylic acids is 1. The summed E-state index contributed by atoms with van der Waals surface area (Å²) < 4.78 is 0. The van der Waals surface area contributed by atoms with Gasteiger partial charge in [0, 0.05) is 0 Å². The van der Waals surface area contributed by atoms with E-state index in [9.17, 15) is 4.79 Å². The summed E-state index contributed by atoms with van der Waals surface area (Å²) in [6, 6.07) is -0.512. The Morgan fingerprint density at radius 3 is 2.67 bits per heavy atom. The van der Waals surface area contributed by atoms with Crippen LogP contribution in [-0.4, -0.2) is 30.7 Å². The van der Waals surface area contributed by atoms with Gasteiger partial charge < -0.3 is 10.8 Å². The van der Waals surface area contributed by atoms with Gasteiger partial charge in [-0.05, 0) is 32.9 Å². The van der Waals surface area contributed by atoms with Crippen LogP contribution in [0, 0.1) is 0 Å². The molecule has 0 saturated carbocycles. The molecule has 0 saturated heterocycles. The summed E-state index contributed by atoms with van der Waals surface area (Å²) in [5, 5.41) is 8.67. The Morgan fingerprint density at radius 2 is 2.25 bits per heavy atom. The largest absolute Gasteiger partial charge is 0.480 e. The van der Waals surface area contributed by atoms with Gasteiger partial charge in [0.05, 0.1) is 0 Å². The van der Waals surface area contributed by atoms with Crippen LogP contribution in [-0.2, 0) is 4.79 Å². The highest BCUT2D eigenvalue weighted by Gasteiger charge is 2.14. The van der Waals surface area contributed by atoms with Gasteiger partial charge in [0.2, 0.25) is 0 Å². The van der Waals surface area contributed by atoms with Crippen molar-refractivity contribution in [2.75, 3.05) is 13.6 Å². The molecule has 0 radical (unpaired) electrons. The minimum Gasteiger partial charge on any atom is -0.480 e. The highest BCUT2D eigenvalue weighted by atomic mass is 16.4. The lowest BCUT2D eigenvalue weighted by molar-refractivity contribution is -0.140. The maximum absolute atomic E-state index is 10.5. The molecule has 0 aliphatic heterocycles. The Kier molecular flexibility index (Phi) is 6.64. The molecule has 0 aromatic rings. The molecule has 0 unspecified atom stereocenters. The van der Waals surface area contributed by atoms with E-state index in [-0.39, 0.29) is 0 Å². The number of carboxylic acids is 1. The second-order valence-electron chi connectivity index (χ2n) is 2.57. The summed E-state index contributed by atoms with van der Waals surface area (Å²) in [7, 11) is 1.65. The van der Waals surface area contributed by atoms with E-state index in [2.05, 4.69) is 10.9 Å². The van der Waals surface area contributed by atoms with Gasteiger partial charge in [-0.15, -0.1) is 0 Å². The summed E-state index contributed by atoms with van der Waals surface area (Å²) in [6.07, 6.45) is 2.31. The fourth-order valence-corrected chi connectivity index (χ4v) is 0.924. The Morgan fingerprint density at radius 1 is 1.58 bits per heavy atom. The first-order chi connectivity index (χ1) is 5.72. The minimum atomic E-state index is -0.832. The number of unbranched alkanes of at least 4 members (excludes halogenated alkanes) is 1. The van der Waals surface area contributed by atoms with Gasteiger partial charge >= 0.3 is 5.97 Å². The first-order valence-electron chi connectivity index (χ1n) is 4.07. The van der Waals surface area contributed by atoms with E-state index in [0.29, 0.717) is 13.0 Å². The fourth-order valence-electron chi connectivity index (χ4n) is 0.924. The van der Waals surface area contributed by atoms with Crippen LogP contribution in [0.25, 0.3) is 0 Å². The molecule has 0 fully saturated rings. The normalized spacial score (nSPS) is 12.8. The predicted octanol–water partition coefficient (Wildman–Crippen LogP) is -0.707. The van der Waals surface area contributed by atoms with Gasteiger partial charge in [0.25, 0.3) is 0 Å². The maximum Gasteiger partial charge on any atom is 0.322 e. The molecule has 0 rings (SSSR count). The van der Waals surface area contributed by atoms with Gasteiger partial charge in [-0.1, -0.05) is 0 Å². The average molecular weight is 175 g/mol. The van der Waals surface area contributed by atoms with Crippen molar-refractivity contribution in [1.82, 2.24) is 10.9 Å². The molecule has 0 amide bonds. The SMILES string of the molecule is CNN[C@@H](CCCCN)C(=O)O. The molecule has 1 atom stereocenters. The molecule has 0 heterocycles. The lowest BCUT2D eigenvalue weighted by Crippen LogP contribution is -2.43. The summed E-state index contributed by atoms with van der Waals surface area (Å²) >= 11 is 0. The summed E-state index contributed by atoms with van der Waals surface area (Å²) in [5.41, 5.74) is 10.5. The van der Waals surface area contributed by atoms with Crippen molar-refractivity contribution in [1.29, 1.82) is 0 Å². The highest BCUT2D eigenvalue weighted by molar-refractivity contribution is 5.73. The molecule has 0 bridgehead atoms. The van der Waals surface area contributed by atoms with Crippen LogP contribution < -0.4 is 16.6 Å². The maximum atomic E-state index is 10.5. The van der Waals surface area contributed by atoms with Crippen molar-refractivity contribution in [3.63, 3.8) is 0 Å². The topological polar surface area (TPSA) is 87.4 Å². The average Bonchev–Trinajstić information content (AvgIpc) is 2.03. The highest BCUT2D eigenvalue weighted by Crippen LogP contribution is 1.99. The van der Waals surface area contributed by atoms with E-state index in [0.717, 1.165) is 12.8 Å². The van der Waals surface area contributed by atoms with Crippen molar-refractivity contribution < 1.29 is 9.90 Å². The molecule has 5 heteroatoms. The van der Waals surface area contributed by atoms with Crippen LogP contribution >= 0.6 is 0 Å². The molecule has 12 heavy (non-hydrogen) atoms. The second-order valence-corrected chi connectivity index (χ2v) is 2.57. The first-order valence-corrected chi connectivity index (χ1v) is 4.07. The minimum absolute atomic E-state index is 0.512. The number of carbonyl (C=O) groups is 1. The van der Waals surface area contributed by atoms with E-state index in [4.69, 9.17) is 10.8 Å². The second kappa shape index (κ2) is 7.02. The number of nitrogens with one attached hydrogen (secondary N) is 2. The van der Waals surface area contributed by atoms with Crippen LogP contribution in [0.1, 0.15) is 19.3 Å². The summed E-state index contributed by atoms with van der Waals surface area (Å²) in [5.74, 6) is -0.832. The Hall–Kier alpha value is -0.650. The number of hydrogen-bond acceptors (Lipinski definition) is 4. The van der Waals surface area contributed by atoms with Gasteiger partial charge in [0.15, 0.2) is 0 Å². The summed E-state index contributed by atoms with van der Waals surface area (Å²) in [6.45, 7) is 0.617. The van der Waals surface area contributed by atoms with Crippen LogP contribution in [0.4, 0.5) is 0 Å². The number of hydrogen-bond donors (Lipinski definition) is 4. The lowest BCUT2D eigenvalue weighted by atomic mass is 10.1. The molecule has 5 nitrogen and oxygen atoms in total. The van der Waals surface area contributed by atoms with Crippen LogP contribution in [0.5, 0.6) is 0 Å². The molecule has 5 N–H and O–H groups in total. The summed E-state index contributed by atoms with van der Waals surface area (Å²) in [4.78, 5) is 10.5. The predicted molar refractivity (Wildman–Crippen MR) is 46.5 cm³/mol. The standard InChI is InChI=1S/C7H17N3O2/c1-9-10-6(7(11)12)4-2-3-5-8/h6,9-10H,2-5,8H2,1H3,(H,11,12)/t6-/m0/s1. The van der Waals surface area contributed by atoms with Crippen LogP contribution in [0.3, 0.4) is 0 Å². The van der Waals surface area contributed by atoms with Crippen molar-refractivity contribution in [3.05, 3.63) is 0 Å². The number of nitrogens with two attached hydrogens (primary N) is 1. The molecular weight excluding hydrogens is 158 g/mol. The fraction of sp³-hybridized carbons (Fsp3) is 0.857. The van der Waals surface area contributed by atoms with E-state index in [1.54, 1.807) is 7.05 Å². The number of hydrazine groups is 1. The Bertz CT molecular complexity index is 130. The zero-order valence-electron chi connectivity index (χ0n) is 7.34. The van der Waals surface area contributed by atoms with E-state index in [1.807, 2.05) is 0 Å². The lowest BCUT2D eigenvalue weighted by Gasteiger charge is -2.12.